The highest BCUT2D eigenvalue weighted by Gasteiger charge is 2.12. The van der Waals surface area contributed by atoms with Crippen molar-refractivity contribution in [3.05, 3.63) is 78.4 Å². The van der Waals surface area contributed by atoms with E-state index >= 15 is 0 Å². The van der Waals surface area contributed by atoms with Crippen molar-refractivity contribution in [3.8, 4) is 22.1 Å². The molecule has 8 heteroatoms. The van der Waals surface area contributed by atoms with E-state index in [9.17, 15) is 4.79 Å². The second-order valence-corrected chi connectivity index (χ2v) is 8.39. The number of rotatable bonds is 6. The van der Waals surface area contributed by atoms with E-state index in [2.05, 4.69) is 10.6 Å². The molecule has 166 valence electrons. The van der Waals surface area contributed by atoms with Gasteiger partial charge in [-0.05, 0) is 66.3 Å². The van der Waals surface area contributed by atoms with Crippen LogP contribution in [-0.4, -0.2) is 30.2 Å². The molecule has 0 fully saturated rings. The van der Waals surface area contributed by atoms with Crippen molar-refractivity contribution < 1.29 is 14.3 Å². The second kappa shape index (κ2) is 10.2. The van der Waals surface area contributed by atoms with Crippen molar-refractivity contribution >= 4 is 56.6 Å². The lowest BCUT2D eigenvalue weighted by molar-refractivity contribution is -0.115. The molecule has 1 aromatic heterocycles. The van der Waals surface area contributed by atoms with Crippen LogP contribution in [-0.2, 0) is 4.79 Å². The molecule has 0 saturated carbocycles. The molecule has 4 aromatic rings. The maximum absolute atomic E-state index is 12.3. The highest BCUT2D eigenvalue weighted by Crippen LogP contribution is 2.34. The van der Waals surface area contributed by atoms with Crippen LogP contribution in [0.5, 0.6) is 11.5 Å². The first kappa shape index (κ1) is 22.4. The van der Waals surface area contributed by atoms with E-state index in [1.807, 2.05) is 66.7 Å². The Bertz CT molecular complexity index is 1300. The first-order chi connectivity index (χ1) is 16.1. The molecule has 1 amide bonds. The summed E-state index contributed by atoms with van der Waals surface area (Å²) >= 11 is 6.94. The van der Waals surface area contributed by atoms with Crippen LogP contribution in [0.4, 0.5) is 5.69 Å². The molecule has 0 saturated heterocycles. The van der Waals surface area contributed by atoms with Gasteiger partial charge in [0.25, 0.3) is 0 Å². The number of carbonyl (C=O) groups is 1. The Hall–Kier alpha value is -3.75. The van der Waals surface area contributed by atoms with Gasteiger partial charge in [-0.25, -0.2) is 4.98 Å². The fraction of sp³-hybridized carbons (Fsp3) is 0.0800. The first-order valence-corrected chi connectivity index (χ1v) is 11.3. The second-order valence-electron chi connectivity index (χ2n) is 6.95. The molecule has 0 bridgehead atoms. The number of hydrogen-bond acceptors (Lipinski definition) is 6. The van der Waals surface area contributed by atoms with Gasteiger partial charge in [-0.2, -0.15) is 0 Å². The molecular formula is C25H21N3O3S2. The lowest BCUT2D eigenvalue weighted by atomic mass is 10.2. The molecular weight excluding hydrogens is 454 g/mol. The fourth-order valence-corrected chi connectivity index (χ4v) is 4.30. The molecule has 1 heterocycles. The maximum atomic E-state index is 12.3. The first-order valence-electron chi connectivity index (χ1n) is 10.0. The van der Waals surface area contributed by atoms with Crippen molar-refractivity contribution in [1.29, 1.82) is 0 Å². The van der Waals surface area contributed by atoms with E-state index in [1.165, 1.54) is 6.08 Å². The van der Waals surface area contributed by atoms with E-state index in [0.29, 0.717) is 11.4 Å². The van der Waals surface area contributed by atoms with Crippen LogP contribution in [0.1, 0.15) is 5.56 Å². The molecule has 3 aromatic carbocycles. The number of carbonyl (C=O) groups excluding carboxylic acids is 1. The third-order valence-corrected chi connectivity index (χ3v) is 6.06. The van der Waals surface area contributed by atoms with Crippen LogP contribution in [0.15, 0.2) is 72.8 Å². The van der Waals surface area contributed by atoms with Crippen LogP contribution < -0.4 is 20.1 Å². The standard InChI is InChI=1S/C25H21N3O3S2/c1-30-18-11-7-16(8-12-18)9-14-23(29)28-25(32)27-20-15-17(10-13-21(20)31-2)24-26-19-5-3-4-6-22(19)33-24/h3-15H,1-2H3,(H2,27,28,29,32)/b14-9+. The number of hydrogen-bond donors (Lipinski definition) is 2. The molecule has 0 spiro atoms. The molecule has 0 unspecified atom stereocenters. The quantitative estimate of drug-likeness (QED) is 0.283. The minimum atomic E-state index is -0.343. The highest BCUT2D eigenvalue weighted by molar-refractivity contribution is 7.80. The Morgan fingerprint density at radius 1 is 1.03 bits per heavy atom. The van der Waals surface area contributed by atoms with Crippen LogP contribution in [0.3, 0.4) is 0 Å². The fourth-order valence-electron chi connectivity index (χ4n) is 3.13. The van der Waals surface area contributed by atoms with E-state index < -0.39 is 0 Å². The summed E-state index contributed by atoms with van der Waals surface area (Å²) in [4.78, 5) is 17.0. The lowest BCUT2D eigenvalue weighted by Gasteiger charge is -2.13. The summed E-state index contributed by atoms with van der Waals surface area (Å²) in [5.41, 5.74) is 3.39. The van der Waals surface area contributed by atoms with Crippen molar-refractivity contribution in [1.82, 2.24) is 10.3 Å². The third-order valence-electron chi connectivity index (χ3n) is 4.77. The number of amides is 1. The average molecular weight is 476 g/mol. The topological polar surface area (TPSA) is 72.5 Å². The highest BCUT2D eigenvalue weighted by atomic mass is 32.1. The number of thiocarbonyl (C=S) groups is 1. The molecule has 2 N–H and O–H groups in total. The number of anilines is 1. The average Bonchev–Trinajstić information content (AvgIpc) is 3.27. The Labute approximate surface area is 200 Å². The Morgan fingerprint density at radius 3 is 2.55 bits per heavy atom. The molecule has 4 rings (SSSR count). The summed E-state index contributed by atoms with van der Waals surface area (Å²) in [6, 6.07) is 21.1. The van der Waals surface area contributed by atoms with Gasteiger partial charge in [0.1, 0.15) is 16.5 Å². The Kier molecular flexibility index (Phi) is 6.97. The maximum Gasteiger partial charge on any atom is 0.250 e. The van der Waals surface area contributed by atoms with E-state index in [4.69, 9.17) is 26.7 Å². The number of fused-ring (bicyclic) bond motifs is 1. The van der Waals surface area contributed by atoms with Crippen molar-refractivity contribution in [3.63, 3.8) is 0 Å². The number of aromatic nitrogens is 1. The molecule has 0 aliphatic heterocycles. The van der Waals surface area contributed by atoms with Crippen molar-refractivity contribution in [2.75, 3.05) is 19.5 Å². The monoisotopic (exact) mass is 475 g/mol. The predicted octanol–water partition coefficient (Wildman–Crippen LogP) is 5.51. The molecule has 0 atom stereocenters. The lowest BCUT2D eigenvalue weighted by Crippen LogP contribution is -2.32. The van der Waals surface area contributed by atoms with Gasteiger partial charge in [-0.1, -0.05) is 24.3 Å². The summed E-state index contributed by atoms with van der Waals surface area (Å²) in [7, 11) is 3.19. The summed E-state index contributed by atoms with van der Waals surface area (Å²) in [6.07, 6.45) is 3.12. The number of para-hydroxylation sites is 1. The molecule has 0 aliphatic rings. The van der Waals surface area contributed by atoms with Crippen LogP contribution in [0, 0.1) is 0 Å². The Morgan fingerprint density at radius 2 is 1.82 bits per heavy atom. The van der Waals surface area contributed by atoms with E-state index in [0.717, 1.165) is 32.1 Å². The normalized spacial score (nSPS) is 10.8. The van der Waals surface area contributed by atoms with Gasteiger partial charge < -0.3 is 14.8 Å². The molecule has 0 aliphatic carbocycles. The summed E-state index contributed by atoms with van der Waals surface area (Å²) in [6.45, 7) is 0. The number of nitrogens with one attached hydrogen (secondary N) is 2. The molecule has 33 heavy (non-hydrogen) atoms. The number of ether oxygens (including phenoxy) is 2. The number of nitrogens with zero attached hydrogens (tertiary/aromatic N) is 1. The third kappa shape index (κ3) is 5.54. The van der Waals surface area contributed by atoms with Crippen LogP contribution in [0.2, 0.25) is 0 Å². The van der Waals surface area contributed by atoms with Crippen molar-refractivity contribution in [2.24, 2.45) is 0 Å². The zero-order chi connectivity index (χ0) is 23.2. The minimum absolute atomic E-state index is 0.166. The van der Waals surface area contributed by atoms with Gasteiger partial charge in [0.05, 0.1) is 30.1 Å². The van der Waals surface area contributed by atoms with Crippen molar-refractivity contribution in [2.45, 2.75) is 0 Å². The van der Waals surface area contributed by atoms with Gasteiger partial charge in [0, 0.05) is 11.6 Å². The number of benzene rings is 3. The number of thiazole rings is 1. The van der Waals surface area contributed by atoms with Gasteiger partial charge in [0.2, 0.25) is 5.91 Å². The smallest absolute Gasteiger partial charge is 0.250 e. The zero-order valence-electron chi connectivity index (χ0n) is 18.0. The van der Waals surface area contributed by atoms with Gasteiger partial charge in [-0.15, -0.1) is 11.3 Å². The SMILES string of the molecule is COc1ccc(/C=C/C(=O)NC(=S)Nc2cc(-c3nc4ccccc4s3)ccc2OC)cc1. The minimum Gasteiger partial charge on any atom is -0.497 e. The molecule has 0 radical (unpaired) electrons. The van der Waals surface area contributed by atoms with Crippen LogP contribution >= 0.6 is 23.6 Å². The van der Waals surface area contributed by atoms with Gasteiger partial charge in [-0.3, -0.25) is 10.1 Å². The van der Waals surface area contributed by atoms with E-state index in [1.54, 1.807) is 31.6 Å². The Balaban J connectivity index is 1.45. The molecule has 6 nitrogen and oxygen atoms in total. The van der Waals surface area contributed by atoms with Crippen LogP contribution in [0.25, 0.3) is 26.9 Å². The van der Waals surface area contributed by atoms with Gasteiger partial charge in [0.15, 0.2) is 5.11 Å². The van der Waals surface area contributed by atoms with E-state index in [-0.39, 0.29) is 11.0 Å². The van der Waals surface area contributed by atoms with Gasteiger partial charge >= 0.3 is 0 Å². The zero-order valence-corrected chi connectivity index (χ0v) is 19.6. The predicted molar refractivity (Wildman–Crippen MR) is 138 cm³/mol. The number of methoxy groups -OCH3 is 2. The largest absolute Gasteiger partial charge is 0.497 e. The summed E-state index contributed by atoms with van der Waals surface area (Å²) in [5, 5.41) is 6.76. The summed E-state index contributed by atoms with van der Waals surface area (Å²) in [5.74, 6) is 1.01. The summed E-state index contributed by atoms with van der Waals surface area (Å²) < 4.78 is 11.7.